The van der Waals surface area contributed by atoms with Gasteiger partial charge in [-0.15, -0.1) is 0 Å². The van der Waals surface area contributed by atoms with Crippen molar-refractivity contribution >= 4 is 35.1 Å². The van der Waals surface area contributed by atoms with E-state index < -0.39 is 6.03 Å². The first kappa shape index (κ1) is 16.9. The zero-order valence-electron chi connectivity index (χ0n) is 12.3. The van der Waals surface area contributed by atoms with Gasteiger partial charge in [-0.05, 0) is 37.5 Å². The molecule has 0 spiro atoms. The van der Waals surface area contributed by atoms with Gasteiger partial charge in [-0.3, -0.25) is 4.79 Å². The summed E-state index contributed by atoms with van der Waals surface area (Å²) >= 11 is 11.9. The van der Waals surface area contributed by atoms with E-state index in [9.17, 15) is 9.59 Å². The Labute approximate surface area is 139 Å². The number of benzene rings is 1. The van der Waals surface area contributed by atoms with E-state index in [4.69, 9.17) is 28.9 Å². The monoisotopic (exact) mass is 343 g/mol. The van der Waals surface area contributed by atoms with Gasteiger partial charge in [0.05, 0.1) is 16.0 Å². The summed E-state index contributed by atoms with van der Waals surface area (Å²) in [4.78, 5) is 25.0. The average Bonchev–Trinajstić information content (AvgIpc) is 2.49. The second-order valence-electron chi connectivity index (χ2n) is 5.50. The molecular formula is C15H19Cl2N3O2. The van der Waals surface area contributed by atoms with Gasteiger partial charge in [0.15, 0.2) is 0 Å². The first-order valence-electron chi connectivity index (χ1n) is 7.18. The predicted octanol–water partition coefficient (Wildman–Crippen LogP) is 2.76. The molecule has 7 heteroatoms. The lowest BCUT2D eigenvalue weighted by molar-refractivity contribution is -0.123. The lowest BCUT2D eigenvalue weighted by Crippen LogP contribution is -2.48. The van der Waals surface area contributed by atoms with Gasteiger partial charge in [0.1, 0.15) is 0 Å². The van der Waals surface area contributed by atoms with Gasteiger partial charge in [0.2, 0.25) is 5.91 Å². The molecule has 1 saturated heterocycles. The number of nitrogens with zero attached hydrogens (tertiary/aromatic N) is 1. The molecule has 120 valence electrons. The molecule has 3 amide bonds. The molecule has 1 heterocycles. The van der Waals surface area contributed by atoms with Gasteiger partial charge in [0.25, 0.3) is 0 Å². The Morgan fingerprint density at radius 3 is 2.45 bits per heavy atom. The Morgan fingerprint density at radius 2 is 1.91 bits per heavy atom. The van der Waals surface area contributed by atoms with Crippen molar-refractivity contribution in [2.45, 2.75) is 31.7 Å². The second kappa shape index (κ2) is 7.20. The summed E-state index contributed by atoms with van der Waals surface area (Å²) in [6, 6.07) is 4.86. The molecule has 3 N–H and O–H groups in total. The molecule has 5 nitrogen and oxygen atoms in total. The van der Waals surface area contributed by atoms with Gasteiger partial charge in [-0.25, -0.2) is 4.79 Å². The number of hydrogen-bond acceptors (Lipinski definition) is 2. The maximum absolute atomic E-state index is 12.3. The summed E-state index contributed by atoms with van der Waals surface area (Å²) in [6.07, 6.45) is 1.42. The number of halogens is 2. The minimum atomic E-state index is -0.408. The number of rotatable bonds is 3. The topological polar surface area (TPSA) is 75.4 Å². The third-order valence-corrected chi connectivity index (χ3v) is 4.73. The van der Waals surface area contributed by atoms with Gasteiger partial charge >= 0.3 is 6.03 Å². The summed E-state index contributed by atoms with van der Waals surface area (Å²) in [7, 11) is 0. The number of primary amides is 1. The van der Waals surface area contributed by atoms with Crippen LogP contribution in [0.5, 0.6) is 0 Å². The van der Waals surface area contributed by atoms with E-state index in [1.165, 1.54) is 0 Å². The molecule has 1 aliphatic heterocycles. The number of likely N-dealkylation sites (tertiary alicyclic amines) is 1. The second-order valence-corrected chi connectivity index (χ2v) is 6.32. The smallest absolute Gasteiger partial charge is 0.314 e. The molecule has 0 aliphatic carbocycles. The number of nitrogens with one attached hydrogen (secondary N) is 1. The van der Waals surface area contributed by atoms with Crippen LogP contribution < -0.4 is 11.1 Å². The highest BCUT2D eigenvalue weighted by Crippen LogP contribution is 2.26. The van der Waals surface area contributed by atoms with Gasteiger partial charge in [-0.1, -0.05) is 29.3 Å². The highest BCUT2D eigenvalue weighted by Gasteiger charge is 2.24. The van der Waals surface area contributed by atoms with Gasteiger partial charge in [0, 0.05) is 19.1 Å². The Kier molecular flexibility index (Phi) is 5.53. The van der Waals surface area contributed by atoms with Crippen LogP contribution in [-0.2, 0) is 4.79 Å². The molecule has 22 heavy (non-hydrogen) atoms. The number of nitrogens with two attached hydrogens (primary N) is 1. The minimum absolute atomic E-state index is 0.0593. The molecule has 1 fully saturated rings. The van der Waals surface area contributed by atoms with Crippen molar-refractivity contribution in [2.75, 3.05) is 13.1 Å². The highest BCUT2D eigenvalue weighted by molar-refractivity contribution is 6.42. The van der Waals surface area contributed by atoms with E-state index in [-0.39, 0.29) is 17.9 Å². The maximum atomic E-state index is 12.3. The zero-order chi connectivity index (χ0) is 16.3. The Hall–Kier alpha value is -1.46. The van der Waals surface area contributed by atoms with Crippen LogP contribution in [0.15, 0.2) is 18.2 Å². The van der Waals surface area contributed by atoms with Gasteiger partial charge < -0.3 is 16.0 Å². The zero-order valence-corrected chi connectivity index (χ0v) is 13.8. The average molecular weight is 344 g/mol. The minimum Gasteiger partial charge on any atom is -0.353 e. The van der Waals surface area contributed by atoms with Crippen LogP contribution in [0.25, 0.3) is 0 Å². The highest BCUT2D eigenvalue weighted by atomic mass is 35.5. The standard InChI is InChI=1S/C15H19Cl2N3O2/c1-9(10-2-3-12(16)13(17)8-10)14(21)19-11-4-6-20(7-5-11)15(18)22/h2-3,8-9,11H,4-7H2,1H3,(H2,18,22)(H,19,21)/t9-/m1/s1. The number of piperidine rings is 1. The largest absolute Gasteiger partial charge is 0.353 e. The third kappa shape index (κ3) is 4.05. The first-order chi connectivity index (χ1) is 10.4. The SMILES string of the molecule is C[C@@H](C(=O)NC1CCN(C(N)=O)CC1)c1ccc(Cl)c(Cl)c1. The Balaban J connectivity index is 1.92. The number of amides is 3. The van der Waals surface area contributed by atoms with Crippen molar-refractivity contribution in [3.8, 4) is 0 Å². The van der Waals surface area contributed by atoms with Crippen LogP contribution in [0, 0.1) is 0 Å². The van der Waals surface area contributed by atoms with Crippen LogP contribution in [0.1, 0.15) is 31.2 Å². The fraction of sp³-hybridized carbons (Fsp3) is 0.467. The molecule has 1 aromatic carbocycles. The van der Waals surface area contributed by atoms with E-state index in [0.29, 0.717) is 36.0 Å². The van der Waals surface area contributed by atoms with Crippen molar-refractivity contribution in [1.82, 2.24) is 10.2 Å². The molecule has 0 radical (unpaired) electrons. The lowest BCUT2D eigenvalue weighted by atomic mass is 9.98. The Bertz CT molecular complexity index is 572. The Morgan fingerprint density at radius 1 is 1.27 bits per heavy atom. The summed E-state index contributed by atoms with van der Waals surface area (Å²) in [6.45, 7) is 2.97. The van der Waals surface area contributed by atoms with Crippen LogP contribution >= 0.6 is 23.2 Å². The van der Waals surface area contributed by atoms with E-state index in [2.05, 4.69) is 5.32 Å². The van der Waals surface area contributed by atoms with Crippen molar-refractivity contribution < 1.29 is 9.59 Å². The number of urea groups is 1. The van der Waals surface area contributed by atoms with Crippen molar-refractivity contribution in [2.24, 2.45) is 5.73 Å². The summed E-state index contributed by atoms with van der Waals surface area (Å²) in [5, 5.41) is 3.92. The van der Waals surface area contributed by atoms with Crippen molar-refractivity contribution in [3.63, 3.8) is 0 Å². The first-order valence-corrected chi connectivity index (χ1v) is 7.93. The lowest BCUT2D eigenvalue weighted by Gasteiger charge is -2.31. The van der Waals surface area contributed by atoms with Crippen molar-refractivity contribution in [1.29, 1.82) is 0 Å². The molecule has 1 atom stereocenters. The number of carbonyl (C=O) groups is 2. The van der Waals surface area contributed by atoms with Crippen LogP contribution in [0.3, 0.4) is 0 Å². The molecule has 0 saturated carbocycles. The normalized spacial score (nSPS) is 17.1. The van der Waals surface area contributed by atoms with Crippen LogP contribution in [-0.4, -0.2) is 36.0 Å². The molecule has 1 aliphatic rings. The molecule has 2 rings (SSSR count). The fourth-order valence-corrected chi connectivity index (χ4v) is 2.81. The van der Waals surface area contributed by atoms with Gasteiger partial charge in [-0.2, -0.15) is 0 Å². The molecule has 0 aromatic heterocycles. The quantitative estimate of drug-likeness (QED) is 0.885. The molecule has 0 unspecified atom stereocenters. The summed E-state index contributed by atoms with van der Waals surface area (Å²) < 4.78 is 0. The summed E-state index contributed by atoms with van der Waals surface area (Å²) in [5.41, 5.74) is 6.06. The molecule has 1 aromatic rings. The third-order valence-electron chi connectivity index (χ3n) is 3.99. The van der Waals surface area contributed by atoms with Crippen LogP contribution in [0.2, 0.25) is 10.0 Å². The van der Waals surface area contributed by atoms with E-state index in [1.807, 2.05) is 6.92 Å². The van der Waals surface area contributed by atoms with Crippen molar-refractivity contribution in [3.05, 3.63) is 33.8 Å². The maximum Gasteiger partial charge on any atom is 0.314 e. The van der Waals surface area contributed by atoms with E-state index >= 15 is 0 Å². The fourth-order valence-electron chi connectivity index (χ4n) is 2.50. The van der Waals surface area contributed by atoms with E-state index in [1.54, 1.807) is 23.1 Å². The van der Waals surface area contributed by atoms with E-state index in [0.717, 1.165) is 5.56 Å². The predicted molar refractivity (Wildman–Crippen MR) is 87.2 cm³/mol. The molecule has 0 bridgehead atoms. The molecular weight excluding hydrogens is 325 g/mol. The number of carbonyl (C=O) groups excluding carboxylic acids is 2. The number of hydrogen-bond donors (Lipinski definition) is 2. The van der Waals surface area contributed by atoms with Crippen LogP contribution in [0.4, 0.5) is 4.79 Å². The summed E-state index contributed by atoms with van der Waals surface area (Å²) in [5.74, 6) is -0.375.